The number of rotatable bonds is 6. The highest BCUT2D eigenvalue weighted by Gasteiger charge is 2.25. The van der Waals surface area contributed by atoms with Crippen LogP contribution < -0.4 is 10.1 Å². The van der Waals surface area contributed by atoms with Gasteiger partial charge in [0.2, 0.25) is 0 Å². The Morgan fingerprint density at radius 3 is 2.48 bits per heavy atom. The zero-order valence-electron chi connectivity index (χ0n) is 18.3. The lowest BCUT2D eigenvalue weighted by atomic mass is 10.1. The molecule has 0 saturated carbocycles. The molecule has 170 valence electrons. The number of anilines is 1. The summed E-state index contributed by atoms with van der Waals surface area (Å²) in [7, 11) is 2.03. The second kappa shape index (κ2) is 10.5. The van der Waals surface area contributed by atoms with E-state index in [9.17, 15) is 9.59 Å². The Hall–Kier alpha value is -3.42. The Morgan fingerprint density at radius 2 is 1.79 bits per heavy atom. The second-order valence-corrected chi connectivity index (χ2v) is 8.30. The molecule has 2 amide bonds. The normalized spacial score (nSPS) is 14.1. The van der Waals surface area contributed by atoms with E-state index in [1.807, 2.05) is 37.4 Å². The number of carbonyl (C=O) groups is 2. The van der Waals surface area contributed by atoms with Crippen molar-refractivity contribution in [2.75, 3.05) is 38.5 Å². The van der Waals surface area contributed by atoms with Gasteiger partial charge in [-0.2, -0.15) is 0 Å². The Kier molecular flexibility index (Phi) is 7.22. The molecule has 0 bridgehead atoms. The van der Waals surface area contributed by atoms with E-state index in [2.05, 4.69) is 15.2 Å². The minimum Gasteiger partial charge on any atom is -0.488 e. The predicted molar refractivity (Wildman–Crippen MR) is 128 cm³/mol. The van der Waals surface area contributed by atoms with Gasteiger partial charge in [0.05, 0.1) is 28.0 Å². The van der Waals surface area contributed by atoms with Crippen molar-refractivity contribution in [1.29, 1.82) is 0 Å². The molecule has 2 heterocycles. The Morgan fingerprint density at radius 1 is 1.03 bits per heavy atom. The lowest BCUT2D eigenvalue weighted by molar-refractivity contribution is 0.0663. The number of aromatic nitrogens is 1. The molecule has 0 atom stereocenters. The molecule has 8 heteroatoms. The van der Waals surface area contributed by atoms with Crippen LogP contribution in [-0.2, 0) is 6.61 Å². The van der Waals surface area contributed by atoms with E-state index in [0.717, 1.165) is 18.7 Å². The number of hydrogen-bond donors (Lipinski definition) is 1. The number of likely N-dealkylation sites (N-methyl/N-ethyl adjacent to an activating group) is 1. The van der Waals surface area contributed by atoms with Crippen molar-refractivity contribution >= 4 is 29.1 Å². The van der Waals surface area contributed by atoms with Crippen molar-refractivity contribution < 1.29 is 14.3 Å². The topological polar surface area (TPSA) is 74.8 Å². The third kappa shape index (κ3) is 5.69. The third-order valence-corrected chi connectivity index (χ3v) is 5.80. The smallest absolute Gasteiger partial charge is 0.259 e. The van der Waals surface area contributed by atoms with Crippen LogP contribution in [0, 0.1) is 0 Å². The predicted octanol–water partition coefficient (Wildman–Crippen LogP) is 3.95. The number of hydrogen-bond acceptors (Lipinski definition) is 5. The first-order valence-corrected chi connectivity index (χ1v) is 11.1. The summed E-state index contributed by atoms with van der Waals surface area (Å²) < 4.78 is 6.02. The minimum absolute atomic E-state index is 0.170. The van der Waals surface area contributed by atoms with Crippen molar-refractivity contribution in [2.45, 2.75) is 6.61 Å². The van der Waals surface area contributed by atoms with Crippen molar-refractivity contribution in [3.63, 3.8) is 0 Å². The average Bonchev–Trinajstić information content (AvgIpc) is 2.84. The maximum absolute atomic E-state index is 13.2. The highest BCUT2D eigenvalue weighted by Crippen LogP contribution is 2.30. The molecule has 0 aliphatic carbocycles. The van der Waals surface area contributed by atoms with Crippen molar-refractivity contribution in [1.82, 2.24) is 14.8 Å². The molecule has 7 nitrogen and oxygen atoms in total. The van der Waals surface area contributed by atoms with Gasteiger partial charge in [0.25, 0.3) is 11.8 Å². The van der Waals surface area contributed by atoms with E-state index in [1.165, 1.54) is 6.07 Å². The van der Waals surface area contributed by atoms with E-state index in [0.29, 0.717) is 30.1 Å². The minimum atomic E-state index is -0.397. The van der Waals surface area contributed by atoms with E-state index < -0.39 is 5.91 Å². The van der Waals surface area contributed by atoms with Crippen LogP contribution in [0.5, 0.6) is 5.75 Å². The van der Waals surface area contributed by atoms with Crippen molar-refractivity contribution in [3.05, 3.63) is 88.7 Å². The molecule has 4 rings (SSSR count). The van der Waals surface area contributed by atoms with Crippen LogP contribution in [0.1, 0.15) is 26.3 Å². The fourth-order valence-corrected chi connectivity index (χ4v) is 3.81. The van der Waals surface area contributed by atoms with Gasteiger partial charge >= 0.3 is 0 Å². The van der Waals surface area contributed by atoms with Crippen LogP contribution in [-0.4, -0.2) is 59.8 Å². The average molecular weight is 465 g/mol. The summed E-state index contributed by atoms with van der Waals surface area (Å²) in [5, 5.41) is 3.01. The largest absolute Gasteiger partial charge is 0.488 e. The summed E-state index contributed by atoms with van der Waals surface area (Å²) in [4.78, 5) is 34.2. The molecule has 0 spiro atoms. The number of halogens is 1. The van der Waals surface area contributed by atoms with Crippen LogP contribution in [0.3, 0.4) is 0 Å². The summed E-state index contributed by atoms with van der Waals surface area (Å²) in [6, 6.07) is 16.2. The van der Waals surface area contributed by atoms with Gasteiger partial charge in [-0.05, 0) is 36.9 Å². The summed E-state index contributed by atoms with van der Waals surface area (Å²) in [5.74, 6) is -0.273. The van der Waals surface area contributed by atoms with Crippen molar-refractivity contribution in [2.24, 2.45) is 0 Å². The van der Waals surface area contributed by atoms with E-state index in [1.54, 1.807) is 35.5 Å². The molecule has 1 aliphatic heterocycles. The zero-order valence-corrected chi connectivity index (χ0v) is 19.1. The van der Waals surface area contributed by atoms with Crippen LogP contribution in [0.2, 0.25) is 5.02 Å². The van der Waals surface area contributed by atoms with Gasteiger partial charge in [-0.3, -0.25) is 14.6 Å². The van der Waals surface area contributed by atoms with Crippen LogP contribution in [0.4, 0.5) is 5.69 Å². The molecule has 1 aliphatic rings. The van der Waals surface area contributed by atoms with Gasteiger partial charge in [-0.1, -0.05) is 41.9 Å². The number of amides is 2. The quantitative estimate of drug-likeness (QED) is 0.597. The maximum Gasteiger partial charge on any atom is 0.259 e. The van der Waals surface area contributed by atoms with Crippen LogP contribution in [0.25, 0.3) is 0 Å². The van der Waals surface area contributed by atoms with E-state index >= 15 is 0 Å². The number of nitrogens with one attached hydrogen (secondary N) is 1. The van der Waals surface area contributed by atoms with E-state index in [4.69, 9.17) is 16.3 Å². The fourth-order valence-electron chi connectivity index (χ4n) is 3.56. The molecule has 33 heavy (non-hydrogen) atoms. The fraction of sp³-hybridized carbons (Fsp3) is 0.240. The zero-order chi connectivity index (χ0) is 23.2. The van der Waals surface area contributed by atoms with Crippen LogP contribution in [0.15, 0.2) is 67.0 Å². The van der Waals surface area contributed by atoms with Gasteiger partial charge in [0.15, 0.2) is 0 Å². The Balaban J connectivity index is 1.63. The lowest BCUT2D eigenvalue weighted by Gasteiger charge is -2.32. The first-order valence-electron chi connectivity index (χ1n) is 10.7. The second-order valence-electron chi connectivity index (χ2n) is 7.89. The van der Waals surface area contributed by atoms with E-state index in [-0.39, 0.29) is 23.1 Å². The number of nitrogens with zero attached hydrogens (tertiary/aromatic N) is 3. The highest BCUT2D eigenvalue weighted by molar-refractivity contribution is 6.34. The van der Waals surface area contributed by atoms with Gasteiger partial charge in [-0.25, -0.2) is 0 Å². The van der Waals surface area contributed by atoms with Crippen molar-refractivity contribution in [3.8, 4) is 5.75 Å². The first-order chi connectivity index (χ1) is 16.0. The number of piperazine rings is 1. The SMILES string of the molecule is CN1CCN(C(=O)c2cc(OCc3ccccc3)c(C(=O)Nc3cccnc3)cc2Cl)CC1. The summed E-state index contributed by atoms with van der Waals surface area (Å²) >= 11 is 6.50. The molecule has 0 unspecified atom stereocenters. The molecule has 2 aromatic carbocycles. The summed E-state index contributed by atoms with van der Waals surface area (Å²) in [6.45, 7) is 3.08. The standard InChI is InChI=1S/C25H25ClN4O3/c1-29-10-12-30(13-11-29)25(32)20-15-23(33-17-18-6-3-2-4-7-18)21(14-22(20)26)24(31)28-19-8-5-9-27-16-19/h2-9,14-16H,10-13,17H2,1H3,(H,28,31). The molecule has 0 radical (unpaired) electrons. The number of benzene rings is 2. The third-order valence-electron chi connectivity index (χ3n) is 5.49. The Labute approximate surface area is 197 Å². The first kappa shape index (κ1) is 22.8. The highest BCUT2D eigenvalue weighted by atomic mass is 35.5. The maximum atomic E-state index is 13.2. The molecule has 1 saturated heterocycles. The molecular formula is C25H25ClN4O3. The summed E-state index contributed by atoms with van der Waals surface area (Å²) in [5.41, 5.74) is 2.06. The molecule has 1 N–H and O–H groups in total. The van der Waals surface area contributed by atoms with Gasteiger partial charge in [0.1, 0.15) is 12.4 Å². The molecular weight excluding hydrogens is 440 g/mol. The molecule has 1 fully saturated rings. The number of pyridine rings is 1. The van der Waals surface area contributed by atoms with Gasteiger partial charge < -0.3 is 19.9 Å². The number of carbonyl (C=O) groups excluding carboxylic acids is 2. The van der Waals surface area contributed by atoms with Gasteiger partial charge in [-0.15, -0.1) is 0 Å². The number of ether oxygens (including phenoxy) is 1. The lowest BCUT2D eigenvalue weighted by Crippen LogP contribution is -2.47. The summed E-state index contributed by atoms with van der Waals surface area (Å²) in [6.07, 6.45) is 3.18. The molecule has 1 aromatic heterocycles. The Bertz CT molecular complexity index is 1120. The van der Waals surface area contributed by atoms with Gasteiger partial charge in [0, 0.05) is 32.4 Å². The monoisotopic (exact) mass is 464 g/mol. The van der Waals surface area contributed by atoms with Crippen LogP contribution >= 0.6 is 11.6 Å². The molecule has 3 aromatic rings.